The van der Waals surface area contributed by atoms with E-state index < -0.39 is 39.5 Å². The third kappa shape index (κ3) is 7.50. The van der Waals surface area contributed by atoms with E-state index in [1.807, 2.05) is 6.92 Å². The highest BCUT2D eigenvalue weighted by Gasteiger charge is 2.43. The molecule has 1 fully saturated rings. The Kier molecular flexibility index (Phi) is 7.43. The Morgan fingerprint density at radius 2 is 1.39 bits per heavy atom. The number of carbonyl (C=O) groups excluding carboxylic acids is 2. The van der Waals surface area contributed by atoms with E-state index in [2.05, 4.69) is 0 Å². The van der Waals surface area contributed by atoms with Crippen LogP contribution in [0, 0.1) is 12.8 Å². The maximum atomic E-state index is 12.6. The van der Waals surface area contributed by atoms with Gasteiger partial charge >= 0.3 is 12.2 Å². The fraction of sp³-hybridized carbons (Fsp3) is 0.636. The van der Waals surface area contributed by atoms with Crippen molar-refractivity contribution in [3.8, 4) is 0 Å². The molecule has 0 unspecified atom stereocenters. The van der Waals surface area contributed by atoms with E-state index in [-0.39, 0.29) is 17.4 Å². The number of rotatable bonds is 5. The van der Waals surface area contributed by atoms with E-state index in [9.17, 15) is 18.0 Å². The molecule has 9 heteroatoms. The van der Waals surface area contributed by atoms with Crippen LogP contribution in [0.3, 0.4) is 0 Å². The third-order valence-electron chi connectivity index (χ3n) is 4.52. The molecule has 174 valence electrons. The second-order valence-electron chi connectivity index (χ2n) is 9.87. The minimum absolute atomic E-state index is 0.0246. The SMILES string of the molecule is Cc1ccc(S(=O)(=O)OC[C@H]2C[C@H](N(C(=O)OC(C)(C)C)C(=O)OC(C)(C)C)C2)cc1. The van der Waals surface area contributed by atoms with Gasteiger partial charge in [-0.15, -0.1) is 0 Å². The van der Waals surface area contributed by atoms with Crippen molar-refractivity contribution in [1.29, 1.82) is 0 Å². The van der Waals surface area contributed by atoms with Gasteiger partial charge in [-0.05, 0) is 79.4 Å². The van der Waals surface area contributed by atoms with Gasteiger partial charge in [-0.2, -0.15) is 8.42 Å². The molecule has 0 saturated heterocycles. The Hall–Kier alpha value is -2.13. The van der Waals surface area contributed by atoms with Crippen molar-refractivity contribution in [3.05, 3.63) is 29.8 Å². The van der Waals surface area contributed by atoms with E-state index in [0.717, 1.165) is 10.5 Å². The van der Waals surface area contributed by atoms with Gasteiger partial charge in [0.1, 0.15) is 11.2 Å². The van der Waals surface area contributed by atoms with E-state index in [1.165, 1.54) is 12.1 Å². The summed E-state index contributed by atoms with van der Waals surface area (Å²) in [6.45, 7) is 12.1. The van der Waals surface area contributed by atoms with Crippen LogP contribution in [0.25, 0.3) is 0 Å². The molecule has 0 heterocycles. The summed E-state index contributed by atoms with van der Waals surface area (Å²) in [5, 5.41) is 0. The van der Waals surface area contributed by atoms with Crippen molar-refractivity contribution >= 4 is 22.3 Å². The first-order valence-electron chi connectivity index (χ1n) is 10.3. The Morgan fingerprint density at radius 1 is 0.935 bits per heavy atom. The quantitative estimate of drug-likeness (QED) is 0.596. The predicted molar refractivity (Wildman–Crippen MR) is 115 cm³/mol. The van der Waals surface area contributed by atoms with Crippen LogP contribution in [0.1, 0.15) is 59.9 Å². The number of aryl methyl sites for hydroxylation is 1. The monoisotopic (exact) mass is 455 g/mol. The minimum atomic E-state index is -3.86. The smallest absolute Gasteiger partial charge is 0.420 e. The van der Waals surface area contributed by atoms with Crippen molar-refractivity contribution < 1.29 is 31.7 Å². The average molecular weight is 456 g/mol. The number of ether oxygens (including phenoxy) is 2. The van der Waals surface area contributed by atoms with E-state index >= 15 is 0 Å². The molecule has 0 atom stereocenters. The molecule has 0 aromatic heterocycles. The lowest BCUT2D eigenvalue weighted by Gasteiger charge is -2.41. The molecular weight excluding hydrogens is 422 g/mol. The van der Waals surface area contributed by atoms with Gasteiger partial charge in [-0.1, -0.05) is 17.7 Å². The Labute approximate surface area is 185 Å². The molecule has 0 aliphatic heterocycles. The molecule has 0 spiro atoms. The maximum absolute atomic E-state index is 12.6. The number of carbonyl (C=O) groups is 2. The molecule has 0 bridgehead atoms. The summed E-state index contributed by atoms with van der Waals surface area (Å²) < 4.78 is 40.6. The lowest BCUT2D eigenvalue weighted by molar-refractivity contribution is -0.0252. The van der Waals surface area contributed by atoms with Crippen LogP contribution >= 0.6 is 0 Å². The van der Waals surface area contributed by atoms with Crippen molar-refractivity contribution in [2.45, 2.75) is 83.4 Å². The molecule has 1 aliphatic rings. The second kappa shape index (κ2) is 9.16. The zero-order chi connectivity index (χ0) is 23.6. The largest absolute Gasteiger partial charge is 0.443 e. The van der Waals surface area contributed by atoms with Crippen LogP contribution in [0.4, 0.5) is 9.59 Å². The fourth-order valence-corrected chi connectivity index (χ4v) is 3.98. The molecule has 31 heavy (non-hydrogen) atoms. The third-order valence-corrected chi connectivity index (χ3v) is 5.82. The standard InChI is InChI=1S/C22H33NO7S/c1-15-8-10-18(11-9-15)31(26,27)28-14-16-12-17(13-16)23(19(24)29-21(2,3)4)20(25)30-22(5,6)7/h8-11,16-17H,12-14H2,1-7H3/t16-,17-. The van der Waals surface area contributed by atoms with Gasteiger partial charge in [0.15, 0.2) is 0 Å². The summed E-state index contributed by atoms with van der Waals surface area (Å²) in [6.07, 6.45) is -0.749. The minimum Gasteiger partial charge on any atom is -0.443 e. The van der Waals surface area contributed by atoms with Gasteiger partial charge in [0.25, 0.3) is 10.1 Å². The molecule has 1 aromatic rings. The Bertz CT molecular complexity index is 861. The van der Waals surface area contributed by atoms with Crippen LogP contribution in [0.2, 0.25) is 0 Å². The zero-order valence-corrected chi connectivity index (χ0v) is 20.1. The molecule has 0 radical (unpaired) electrons. The fourth-order valence-electron chi connectivity index (χ4n) is 3.00. The summed E-state index contributed by atoms with van der Waals surface area (Å²) in [6, 6.07) is 5.96. The van der Waals surface area contributed by atoms with Crippen molar-refractivity contribution in [3.63, 3.8) is 0 Å². The van der Waals surface area contributed by atoms with Gasteiger partial charge in [0.05, 0.1) is 11.5 Å². The normalized spacial score (nSPS) is 19.3. The highest BCUT2D eigenvalue weighted by molar-refractivity contribution is 7.86. The first-order chi connectivity index (χ1) is 14.1. The van der Waals surface area contributed by atoms with Gasteiger partial charge in [0, 0.05) is 6.04 Å². The highest BCUT2D eigenvalue weighted by Crippen LogP contribution is 2.34. The Balaban J connectivity index is 2.00. The van der Waals surface area contributed by atoms with E-state index in [1.54, 1.807) is 53.7 Å². The number of hydrogen-bond acceptors (Lipinski definition) is 7. The van der Waals surface area contributed by atoms with Crippen molar-refractivity contribution in [1.82, 2.24) is 4.90 Å². The van der Waals surface area contributed by atoms with Gasteiger partial charge < -0.3 is 9.47 Å². The summed E-state index contributed by atoms with van der Waals surface area (Å²) in [4.78, 5) is 26.3. The van der Waals surface area contributed by atoms with E-state index in [4.69, 9.17) is 13.7 Å². The van der Waals surface area contributed by atoms with E-state index in [0.29, 0.717) is 12.8 Å². The van der Waals surface area contributed by atoms with Crippen LogP contribution in [0.15, 0.2) is 29.2 Å². The molecule has 1 aromatic carbocycles. The maximum Gasteiger partial charge on any atom is 0.420 e. The summed E-state index contributed by atoms with van der Waals surface area (Å²) >= 11 is 0. The predicted octanol–water partition coefficient (Wildman–Crippen LogP) is 4.65. The molecule has 1 aliphatic carbocycles. The average Bonchev–Trinajstić information content (AvgIpc) is 2.53. The number of imide groups is 1. The molecular formula is C22H33NO7S. The number of hydrogen-bond donors (Lipinski definition) is 0. The molecule has 2 amide bonds. The second-order valence-corrected chi connectivity index (χ2v) is 11.5. The Morgan fingerprint density at radius 3 is 1.81 bits per heavy atom. The van der Waals surface area contributed by atoms with Gasteiger partial charge in [0.2, 0.25) is 0 Å². The van der Waals surface area contributed by atoms with Gasteiger partial charge in [-0.25, -0.2) is 14.5 Å². The van der Waals surface area contributed by atoms with Gasteiger partial charge in [-0.3, -0.25) is 4.18 Å². The number of amides is 2. The zero-order valence-electron chi connectivity index (χ0n) is 19.3. The summed E-state index contributed by atoms with van der Waals surface area (Å²) in [7, 11) is -3.86. The number of nitrogens with zero attached hydrogens (tertiary/aromatic N) is 1. The van der Waals surface area contributed by atoms with Crippen LogP contribution < -0.4 is 0 Å². The highest BCUT2D eigenvalue weighted by atomic mass is 32.2. The molecule has 8 nitrogen and oxygen atoms in total. The van der Waals surface area contributed by atoms with Crippen molar-refractivity contribution in [2.75, 3.05) is 6.61 Å². The first-order valence-corrected chi connectivity index (χ1v) is 11.7. The molecule has 1 saturated carbocycles. The van der Waals surface area contributed by atoms with Crippen LogP contribution in [-0.2, 0) is 23.8 Å². The number of benzene rings is 1. The summed E-state index contributed by atoms with van der Waals surface area (Å²) in [5.41, 5.74) is -0.595. The lowest BCUT2D eigenvalue weighted by atomic mass is 9.80. The van der Waals surface area contributed by atoms with Crippen molar-refractivity contribution in [2.24, 2.45) is 5.92 Å². The topological polar surface area (TPSA) is 99.2 Å². The first kappa shape index (κ1) is 25.1. The lowest BCUT2D eigenvalue weighted by Crippen LogP contribution is -2.54. The molecule has 2 rings (SSSR count). The summed E-state index contributed by atoms with van der Waals surface area (Å²) in [5.74, 6) is -0.113. The van der Waals surface area contributed by atoms with Crippen LogP contribution in [0.5, 0.6) is 0 Å². The van der Waals surface area contributed by atoms with Crippen LogP contribution in [-0.4, -0.2) is 49.4 Å². The molecule has 0 N–H and O–H groups in total.